The Hall–Kier alpha value is -4.42. The first-order valence-electron chi connectivity index (χ1n) is 9.79. The van der Waals surface area contributed by atoms with E-state index in [0.29, 0.717) is 28.3 Å². The summed E-state index contributed by atoms with van der Waals surface area (Å²) in [6.45, 7) is -0.0975. The highest BCUT2D eigenvalue weighted by Gasteiger charge is 2.13. The molecule has 0 saturated heterocycles. The SMILES string of the molecule is COc1cc(C=NNC(=O)C(=O)Nc2ccc(C#N)cc2)ccc1OCc1c(F)cccc1Cl. The average molecular weight is 481 g/mol. The molecule has 0 unspecified atom stereocenters. The molecule has 2 amide bonds. The Kier molecular flexibility index (Phi) is 8.16. The monoisotopic (exact) mass is 480 g/mol. The zero-order valence-corrected chi connectivity index (χ0v) is 18.6. The maximum absolute atomic E-state index is 13.9. The lowest BCUT2D eigenvalue weighted by molar-refractivity contribution is -0.136. The van der Waals surface area contributed by atoms with Crippen LogP contribution >= 0.6 is 11.6 Å². The Morgan fingerprint density at radius 2 is 1.88 bits per heavy atom. The predicted molar refractivity (Wildman–Crippen MR) is 124 cm³/mol. The molecule has 10 heteroatoms. The number of carbonyl (C=O) groups is 2. The highest BCUT2D eigenvalue weighted by Crippen LogP contribution is 2.29. The van der Waals surface area contributed by atoms with E-state index in [-0.39, 0.29) is 17.2 Å². The van der Waals surface area contributed by atoms with E-state index in [4.69, 9.17) is 26.3 Å². The fraction of sp³-hybridized carbons (Fsp3) is 0.0833. The number of benzene rings is 3. The number of nitriles is 1. The van der Waals surface area contributed by atoms with Gasteiger partial charge in [0.25, 0.3) is 0 Å². The molecule has 0 aromatic heterocycles. The summed E-state index contributed by atoms with van der Waals surface area (Å²) in [4.78, 5) is 23.9. The van der Waals surface area contributed by atoms with Crippen molar-refractivity contribution >= 4 is 35.3 Å². The summed E-state index contributed by atoms with van der Waals surface area (Å²) >= 11 is 6.01. The molecular weight excluding hydrogens is 463 g/mol. The van der Waals surface area contributed by atoms with E-state index in [2.05, 4.69) is 15.8 Å². The molecule has 0 aliphatic rings. The van der Waals surface area contributed by atoms with Crippen LogP contribution in [0.25, 0.3) is 0 Å². The maximum Gasteiger partial charge on any atom is 0.329 e. The molecule has 0 radical (unpaired) electrons. The van der Waals surface area contributed by atoms with Crippen molar-refractivity contribution in [2.24, 2.45) is 5.10 Å². The van der Waals surface area contributed by atoms with Crippen LogP contribution < -0.4 is 20.2 Å². The van der Waals surface area contributed by atoms with Gasteiger partial charge >= 0.3 is 11.8 Å². The number of hydrogen-bond acceptors (Lipinski definition) is 6. The van der Waals surface area contributed by atoms with Crippen molar-refractivity contribution in [2.75, 3.05) is 12.4 Å². The van der Waals surface area contributed by atoms with Crippen LogP contribution in [0.3, 0.4) is 0 Å². The molecule has 34 heavy (non-hydrogen) atoms. The van der Waals surface area contributed by atoms with Gasteiger partial charge in [-0.05, 0) is 60.2 Å². The normalized spacial score (nSPS) is 10.4. The topological polar surface area (TPSA) is 113 Å². The van der Waals surface area contributed by atoms with Crippen LogP contribution in [0.2, 0.25) is 5.02 Å². The molecule has 2 N–H and O–H groups in total. The average Bonchev–Trinajstić information content (AvgIpc) is 2.84. The van der Waals surface area contributed by atoms with Crippen molar-refractivity contribution in [2.45, 2.75) is 6.61 Å². The van der Waals surface area contributed by atoms with E-state index >= 15 is 0 Å². The van der Waals surface area contributed by atoms with Crippen molar-refractivity contribution in [3.05, 3.63) is 88.2 Å². The Labute approximate surface area is 199 Å². The third-order valence-electron chi connectivity index (χ3n) is 4.48. The molecule has 0 fully saturated rings. The minimum atomic E-state index is -0.978. The molecule has 8 nitrogen and oxygen atoms in total. The van der Waals surface area contributed by atoms with E-state index in [9.17, 15) is 14.0 Å². The number of hydrazone groups is 1. The van der Waals surface area contributed by atoms with Gasteiger partial charge in [0.1, 0.15) is 12.4 Å². The molecule has 172 valence electrons. The summed E-state index contributed by atoms with van der Waals surface area (Å²) in [7, 11) is 1.44. The Balaban J connectivity index is 1.58. The fourth-order valence-corrected chi connectivity index (χ4v) is 2.95. The lowest BCUT2D eigenvalue weighted by Crippen LogP contribution is -2.32. The second-order valence-corrected chi connectivity index (χ2v) is 7.15. The molecule has 0 aliphatic carbocycles. The number of rotatable bonds is 7. The summed E-state index contributed by atoms with van der Waals surface area (Å²) in [5.74, 6) is -1.68. The van der Waals surface area contributed by atoms with Gasteiger partial charge < -0.3 is 14.8 Å². The number of halogens is 2. The molecule has 0 spiro atoms. The fourth-order valence-electron chi connectivity index (χ4n) is 2.74. The lowest BCUT2D eigenvalue weighted by atomic mass is 10.2. The number of nitrogens with one attached hydrogen (secondary N) is 2. The number of ether oxygens (including phenoxy) is 2. The Morgan fingerprint density at radius 3 is 2.56 bits per heavy atom. The minimum absolute atomic E-state index is 0.0975. The first kappa shape index (κ1) is 24.2. The molecular formula is C24H18ClFN4O4. The number of hydrogen-bond donors (Lipinski definition) is 2. The van der Waals surface area contributed by atoms with Crippen molar-refractivity contribution < 1.29 is 23.5 Å². The summed E-state index contributed by atoms with van der Waals surface area (Å²) in [5.41, 5.74) is 3.67. The highest BCUT2D eigenvalue weighted by atomic mass is 35.5. The van der Waals surface area contributed by atoms with Crippen LogP contribution in [0.15, 0.2) is 65.8 Å². The quantitative estimate of drug-likeness (QED) is 0.301. The van der Waals surface area contributed by atoms with Gasteiger partial charge in [0.05, 0.1) is 30.0 Å². The van der Waals surface area contributed by atoms with Gasteiger partial charge in [-0.1, -0.05) is 17.7 Å². The maximum atomic E-state index is 13.9. The van der Waals surface area contributed by atoms with Crippen LogP contribution in [0.1, 0.15) is 16.7 Å². The van der Waals surface area contributed by atoms with Crippen LogP contribution in [-0.4, -0.2) is 25.1 Å². The second-order valence-electron chi connectivity index (χ2n) is 6.74. The largest absolute Gasteiger partial charge is 0.493 e. The van der Waals surface area contributed by atoms with E-state index in [1.165, 1.54) is 49.7 Å². The predicted octanol–water partition coefficient (Wildman–Crippen LogP) is 4.03. The zero-order chi connectivity index (χ0) is 24.5. The molecule has 0 bridgehead atoms. The molecule has 0 aliphatic heterocycles. The van der Waals surface area contributed by atoms with Gasteiger partial charge in [-0.25, -0.2) is 9.82 Å². The highest BCUT2D eigenvalue weighted by molar-refractivity contribution is 6.39. The Morgan fingerprint density at radius 1 is 1.12 bits per heavy atom. The van der Waals surface area contributed by atoms with Crippen LogP contribution in [0.5, 0.6) is 11.5 Å². The number of carbonyl (C=O) groups excluding carboxylic acids is 2. The van der Waals surface area contributed by atoms with Gasteiger partial charge in [-0.3, -0.25) is 9.59 Å². The number of methoxy groups -OCH3 is 1. The standard InChI is InChI=1S/C24H18ClFN4O4/c1-33-22-11-16(7-10-21(22)34-14-18-19(25)3-2-4-20(18)26)13-28-30-24(32)23(31)29-17-8-5-15(12-27)6-9-17/h2-11,13H,14H2,1H3,(H,29,31)(H,30,32). The molecule has 3 aromatic carbocycles. The number of amides is 2. The van der Waals surface area contributed by atoms with E-state index in [1.807, 2.05) is 6.07 Å². The van der Waals surface area contributed by atoms with Gasteiger partial charge in [-0.2, -0.15) is 10.4 Å². The van der Waals surface area contributed by atoms with E-state index in [1.54, 1.807) is 24.3 Å². The van der Waals surface area contributed by atoms with Gasteiger partial charge in [-0.15, -0.1) is 0 Å². The summed E-state index contributed by atoms with van der Waals surface area (Å²) in [5, 5.41) is 15.2. The molecule has 0 saturated carbocycles. The third-order valence-corrected chi connectivity index (χ3v) is 4.83. The summed E-state index contributed by atoms with van der Waals surface area (Å²) < 4.78 is 24.9. The van der Waals surface area contributed by atoms with Gasteiger partial charge in [0.15, 0.2) is 11.5 Å². The minimum Gasteiger partial charge on any atom is -0.493 e. The van der Waals surface area contributed by atoms with Crippen molar-refractivity contribution in [1.82, 2.24) is 5.43 Å². The smallest absolute Gasteiger partial charge is 0.329 e. The molecule has 0 atom stereocenters. The van der Waals surface area contributed by atoms with Crippen molar-refractivity contribution in [3.63, 3.8) is 0 Å². The van der Waals surface area contributed by atoms with Crippen molar-refractivity contribution in [3.8, 4) is 17.6 Å². The van der Waals surface area contributed by atoms with Crippen LogP contribution in [0, 0.1) is 17.1 Å². The van der Waals surface area contributed by atoms with Gasteiger partial charge in [0.2, 0.25) is 0 Å². The van der Waals surface area contributed by atoms with Crippen LogP contribution in [-0.2, 0) is 16.2 Å². The first-order chi connectivity index (χ1) is 16.4. The molecule has 3 rings (SSSR count). The lowest BCUT2D eigenvalue weighted by Gasteiger charge is -2.12. The van der Waals surface area contributed by atoms with Crippen molar-refractivity contribution in [1.29, 1.82) is 5.26 Å². The third kappa shape index (κ3) is 6.31. The number of nitrogens with zero attached hydrogens (tertiary/aromatic N) is 2. The first-order valence-corrected chi connectivity index (χ1v) is 10.2. The number of anilines is 1. The summed E-state index contributed by atoms with van der Waals surface area (Å²) in [6, 6.07) is 17.2. The van der Waals surface area contributed by atoms with Gasteiger partial charge in [0, 0.05) is 11.3 Å². The second kappa shape index (κ2) is 11.4. The molecule has 0 heterocycles. The Bertz CT molecular complexity index is 1250. The zero-order valence-electron chi connectivity index (χ0n) is 17.8. The van der Waals surface area contributed by atoms with E-state index in [0.717, 1.165) is 0 Å². The van der Waals surface area contributed by atoms with Crippen LogP contribution in [0.4, 0.5) is 10.1 Å². The summed E-state index contributed by atoms with van der Waals surface area (Å²) in [6.07, 6.45) is 1.31. The van der Waals surface area contributed by atoms with E-state index < -0.39 is 17.6 Å². The molecule has 3 aromatic rings.